The lowest BCUT2D eigenvalue weighted by molar-refractivity contribution is -0.586. The van der Waals surface area contributed by atoms with Crippen molar-refractivity contribution in [2.24, 2.45) is 22.0 Å². The van der Waals surface area contributed by atoms with Gasteiger partial charge in [0.2, 0.25) is 0 Å². The van der Waals surface area contributed by atoms with Crippen LogP contribution in [-0.4, -0.2) is 23.3 Å². The standard InChI is InChI=1S/C20H20N4OS/c21-12-18-16(23)24-20(25-10-11-26-20)19(18,13-22)17(18)8-6-15(7-9-17)14-4-2-1-3-5-14/h1-5,15H,6-11H2,(H2,23,24)/p+1/t15?,17?,18-,19+,20-/m1/s1. The Bertz CT molecular complexity index is 871. The molecule has 2 aliphatic carbocycles. The Kier molecular flexibility index (Phi) is 3.13. The largest absolute Gasteiger partial charge is 0.327 e. The molecule has 3 atom stereocenters. The number of nitriles is 2. The molecule has 132 valence electrons. The molecule has 1 aromatic carbocycles. The molecule has 3 fully saturated rings. The summed E-state index contributed by atoms with van der Waals surface area (Å²) in [6.07, 6.45) is 3.62. The summed E-state index contributed by atoms with van der Waals surface area (Å²) in [6, 6.07) is 15.6. The van der Waals surface area contributed by atoms with Crippen LogP contribution in [0.2, 0.25) is 0 Å². The third kappa shape index (κ3) is 1.44. The van der Waals surface area contributed by atoms with Crippen LogP contribution in [0.15, 0.2) is 30.3 Å². The molecule has 26 heavy (non-hydrogen) atoms. The summed E-state index contributed by atoms with van der Waals surface area (Å²) in [4.78, 5) is 3.22. The Hall–Kier alpha value is -2.02. The molecule has 0 radical (unpaired) electrons. The fourth-order valence-electron chi connectivity index (χ4n) is 6.21. The SMILES string of the molecule is N#C[C@]12C3(CCC(c4ccccc4)CC3)[C@@]1(C#N)C(N)=[NH+][C@@]21OCCS1. The minimum atomic E-state index is -0.937. The number of amidine groups is 1. The van der Waals surface area contributed by atoms with E-state index in [9.17, 15) is 10.5 Å². The van der Waals surface area contributed by atoms with Crippen molar-refractivity contribution in [2.45, 2.75) is 36.7 Å². The number of benzene rings is 1. The van der Waals surface area contributed by atoms with Gasteiger partial charge in [-0.3, -0.25) is 5.73 Å². The number of fused-ring (bicyclic) bond motifs is 4. The normalized spacial score (nSPS) is 45.8. The minimum absolute atomic E-state index is 0.401. The molecule has 5 rings (SSSR count). The third-order valence-corrected chi connectivity index (χ3v) is 8.58. The molecule has 6 heteroatoms. The number of ether oxygens (including phenoxy) is 1. The molecule has 4 aliphatic rings. The molecule has 0 aromatic heterocycles. The van der Waals surface area contributed by atoms with E-state index in [4.69, 9.17) is 10.5 Å². The molecule has 1 saturated heterocycles. The topological polar surface area (TPSA) is 96.8 Å². The summed E-state index contributed by atoms with van der Waals surface area (Å²) in [7, 11) is 0. The number of thioether (sulfide) groups is 1. The second-order valence-corrected chi connectivity index (χ2v) is 9.11. The number of hydrogen-bond acceptors (Lipinski definition) is 5. The number of hydrogen-bond donors (Lipinski definition) is 2. The van der Waals surface area contributed by atoms with Crippen LogP contribution in [0.3, 0.4) is 0 Å². The van der Waals surface area contributed by atoms with Gasteiger partial charge in [-0.15, -0.1) is 0 Å². The van der Waals surface area contributed by atoms with Crippen LogP contribution < -0.4 is 10.7 Å². The zero-order valence-electron chi connectivity index (χ0n) is 14.5. The highest BCUT2D eigenvalue weighted by Gasteiger charge is 3.02. The smallest absolute Gasteiger partial charge is 0.277 e. The predicted octanol–water partition coefficient (Wildman–Crippen LogP) is 1.23. The first-order chi connectivity index (χ1) is 12.6. The summed E-state index contributed by atoms with van der Waals surface area (Å²) in [6.45, 7) is 0.582. The molecular formula is C20H21N4OS+. The van der Waals surface area contributed by atoms with Crippen LogP contribution in [0, 0.1) is 38.9 Å². The lowest BCUT2D eigenvalue weighted by atomic mass is 9.71. The van der Waals surface area contributed by atoms with Gasteiger partial charge in [0, 0.05) is 11.2 Å². The molecule has 3 N–H and O–H groups in total. The van der Waals surface area contributed by atoms with Crippen molar-refractivity contribution in [3.63, 3.8) is 0 Å². The first-order valence-electron chi connectivity index (χ1n) is 9.19. The molecule has 1 aromatic rings. The van der Waals surface area contributed by atoms with E-state index in [0.29, 0.717) is 18.4 Å². The van der Waals surface area contributed by atoms with Crippen molar-refractivity contribution >= 4 is 17.6 Å². The van der Waals surface area contributed by atoms with Crippen molar-refractivity contribution < 1.29 is 9.73 Å². The fourth-order valence-corrected chi connectivity index (χ4v) is 7.63. The van der Waals surface area contributed by atoms with E-state index in [-0.39, 0.29) is 0 Å². The monoisotopic (exact) mass is 365 g/mol. The maximum atomic E-state index is 10.3. The van der Waals surface area contributed by atoms with Crippen molar-refractivity contribution in [3.05, 3.63) is 35.9 Å². The lowest BCUT2D eigenvalue weighted by Crippen LogP contribution is -2.88. The minimum Gasteiger partial charge on any atom is -0.327 e. The van der Waals surface area contributed by atoms with Crippen LogP contribution in [0.5, 0.6) is 0 Å². The summed E-state index contributed by atoms with van der Waals surface area (Å²) >= 11 is 1.60. The summed E-state index contributed by atoms with van der Waals surface area (Å²) in [5.41, 5.74) is 5.49. The first-order valence-corrected chi connectivity index (χ1v) is 10.2. The first kappa shape index (κ1) is 16.2. The molecule has 2 heterocycles. The van der Waals surface area contributed by atoms with E-state index in [0.717, 1.165) is 31.4 Å². The Labute approximate surface area is 157 Å². The fraction of sp³-hybridized carbons (Fsp3) is 0.550. The van der Waals surface area contributed by atoms with Gasteiger partial charge in [0.25, 0.3) is 10.9 Å². The zero-order valence-corrected chi connectivity index (χ0v) is 15.3. The average Bonchev–Trinajstić information content (AvgIpc) is 2.95. The van der Waals surface area contributed by atoms with E-state index in [1.54, 1.807) is 11.8 Å². The van der Waals surface area contributed by atoms with Crippen LogP contribution in [-0.2, 0) is 4.74 Å². The van der Waals surface area contributed by atoms with Gasteiger partial charge in [-0.1, -0.05) is 42.1 Å². The molecule has 0 unspecified atom stereocenters. The molecule has 2 saturated carbocycles. The third-order valence-electron chi connectivity index (χ3n) is 7.27. The Morgan fingerprint density at radius 1 is 1.15 bits per heavy atom. The van der Waals surface area contributed by atoms with Crippen molar-refractivity contribution in [1.82, 2.24) is 0 Å². The molecule has 5 nitrogen and oxygen atoms in total. The highest BCUT2D eigenvalue weighted by atomic mass is 32.2. The summed E-state index contributed by atoms with van der Waals surface area (Å²) in [5.74, 6) is 1.74. The molecule has 2 spiro atoms. The highest BCUT2D eigenvalue weighted by molar-refractivity contribution is 8.00. The van der Waals surface area contributed by atoms with E-state index < -0.39 is 21.3 Å². The van der Waals surface area contributed by atoms with Crippen molar-refractivity contribution in [1.29, 1.82) is 10.5 Å². The molecule has 0 amide bonds. The maximum absolute atomic E-state index is 10.3. The maximum Gasteiger partial charge on any atom is 0.277 e. The van der Waals surface area contributed by atoms with Gasteiger partial charge in [0.1, 0.15) is 0 Å². The number of nitrogens with zero attached hydrogens (tertiary/aromatic N) is 2. The lowest BCUT2D eigenvalue weighted by Gasteiger charge is -2.35. The Morgan fingerprint density at radius 3 is 2.46 bits per heavy atom. The van der Waals surface area contributed by atoms with Crippen LogP contribution in [0.4, 0.5) is 0 Å². The van der Waals surface area contributed by atoms with Crippen LogP contribution >= 0.6 is 11.8 Å². The van der Waals surface area contributed by atoms with Gasteiger partial charge >= 0.3 is 0 Å². The van der Waals surface area contributed by atoms with Gasteiger partial charge in [-0.05, 0) is 37.2 Å². The second kappa shape index (κ2) is 5.03. The van der Waals surface area contributed by atoms with E-state index in [1.165, 1.54) is 5.56 Å². The zero-order chi connectivity index (χ0) is 18.0. The van der Waals surface area contributed by atoms with E-state index in [2.05, 4.69) is 41.4 Å². The predicted molar refractivity (Wildman–Crippen MR) is 97.5 cm³/mol. The number of rotatable bonds is 1. The molecule has 2 aliphatic heterocycles. The van der Waals surface area contributed by atoms with Crippen molar-refractivity contribution in [2.75, 3.05) is 12.4 Å². The number of nitrogens with two attached hydrogens (primary N) is 1. The Balaban J connectivity index is 1.54. The van der Waals surface area contributed by atoms with E-state index in [1.807, 2.05) is 6.07 Å². The second-order valence-electron chi connectivity index (χ2n) is 7.84. The molecule has 0 bridgehead atoms. The van der Waals surface area contributed by atoms with Gasteiger partial charge in [0.05, 0.1) is 18.7 Å². The van der Waals surface area contributed by atoms with Gasteiger partial charge in [0.15, 0.2) is 10.8 Å². The van der Waals surface area contributed by atoms with Gasteiger partial charge in [-0.25, -0.2) is 4.99 Å². The van der Waals surface area contributed by atoms with Crippen LogP contribution in [0.25, 0.3) is 0 Å². The highest BCUT2D eigenvalue weighted by Crippen LogP contribution is 2.88. The van der Waals surface area contributed by atoms with Gasteiger partial charge in [-0.2, -0.15) is 10.5 Å². The summed E-state index contributed by atoms with van der Waals surface area (Å²) < 4.78 is 6.06. The molecular weight excluding hydrogens is 344 g/mol. The van der Waals surface area contributed by atoms with Crippen LogP contribution in [0.1, 0.15) is 37.2 Å². The van der Waals surface area contributed by atoms with E-state index >= 15 is 0 Å². The Morgan fingerprint density at radius 2 is 1.88 bits per heavy atom. The quantitative estimate of drug-likeness (QED) is 0.780. The van der Waals surface area contributed by atoms with Crippen molar-refractivity contribution in [3.8, 4) is 12.1 Å². The number of nitrogens with one attached hydrogen (secondary N) is 1. The van der Waals surface area contributed by atoms with Gasteiger partial charge < -0.3 is 4.74 Å². The summed E-state index contributed by atoms with van der Waals surface area (Å²) in [5, 5.41) is 19.6. The average molecular weight is 365 g/mol.